The quantitative estimate of drug-likeness (QED) is 0.707. The van der Waals surface area contributed by atoms with Crippen molar-refractivity contribution >= 4 is 5.97 Å². The minimum atomic E-state index is -0.568. The molecule has 0 unspecified atom stereocenters. The molecule has 0 amide bonds. The van der Waals surface area contributed by atoms with E-state index in [0.717, 1.165) is 58.2 Å². The highest BCUT2D eigenvalue weighted by Crippen LogP contribution is 2.36. The van der Waals surface area contributed by atoms with E-state index in [4.69, 9.17) is 0 Å². The maximum absolute atomic E-state index is 11.7. The molecule has 1 aliphatic carbocycles. The molecule has 0 heterocycles. The number of nitrogens with zero attached hydrogens (tertiary/aromatic N) is 1. The van der Waals surface area contributed by atoms with Gasteiger partial charge in [-0.25, -0.2) is 0 Å². The molecular weight excluding hydrogens is 226 g/mol. The average Bonchev–Trinajstić information content (AvgIpc) is 2.56. The van der Waals surface area contributed by atoms with Gasteiger partial charge in [-0.2, -0.15) is 0 Å². The Balaban J connectivity index is 2.72. The van der Waals surface area contributed by atoms with Gasteiger partial charge in [-0.05, 0) is 38.8 Å². The van der Waals surface area contributed by atoms with Crippen molar-refractivity contribution in [3.05, 3.63) is 0 Å². The number of hydrogen-bond donors (Lipinski definition) is 1. The molecule has 0 aromatic rings. The topological polar surface area (TPSA) is 40.5 Å². The number of aliphatic carboxylic acids is 1. The summed E-state index contributed by atoms with van der Waals surface area (Å²) in [6.07, 6.45) is 8.52. The minimum absolute atomic E-state index is 0.471. The SMILES string of the molecule is CCCN(CCC)CC1(C(=O)O)CCCCCC1. The zero-order valence-corrected chi connectivity index (χ0v) is 12.1. The van der Waals surface area contributed by atoms with Gasteiger partial charge in [0.1, 0.15) is 0 Å². The molecule has 0 aromatic heterocycles. The number of carboxylic acid groups (broad SMARTS) is 1. The van der Waals surface area contributed by atoms with Gasteiger partial charge >= 0.3 is 5.97 Å². The van der Waals surface area contributed by atoms with Crippen molar-refractivity contribution in [2.24, 2.45) is 5.41 Å². The molecule has 3 heteroatoms. The van der Waals surface area contributed by atoms with E-state index in [9.17, 15) is 9.90 Å². The third-order valence-electron chi connectivity index (χ3n) is 4.12. The fourth-order valence-electron chi connectivity index (χ4n) is 3.18. The number of hydrogen-bond acceptors (Lipinski definition) is 2. The fourth-order valence-corrected chi connectivity index (χ4v) is 3.18. The van der Waals surface area contributed by atoms with Gasteiger partial charge in [-0.15, -0.1) is 0 Å². The van der Waals surface area contributed by atoms with Crippen LogP contribution < -0.4 is 0 Å². The zero-order valence-electron chi connectivity index (χ0n) is 12.1. The summed E-state index contributed by atoms with van der Waals surface area (Å²) in [7, 11) is 0. The summed E-state index contributed by atoms with van der Waals surface area (Å²) < 4.78 is 0. The molecule has 106 valence electrons. The predicted molar refractivity (Wildman–Crippen MR) is 74.8 cm³/mol. The van der Waals surface area contributed by atoms with Crippen LogP contribution in [0.4, 0.5) is 0 Å². The molecule has 1 saturated carbocycles. The van der Waals surface area contributed by atoms with Crippen molar-refractivity contribution in [1.29, 1.82) is 0 Å². The maximum atomic E-state index is 11.7. The third-order valence-corrected chi connectivity index (χ3v) is 4.12. The van der Waals surface area contributed by atoms with E-state index in [0.29, 0.717) is 0 Å². The van der Waals surface area contributed by atoms with Crippen LogP contribution in [0.25, 0.3) is 0 Å². The molecule has 1 fully saturated rings. The molecule has 0 atom stereocenters. The van der Waals surface area contributed by atoms with Crippen LogP contribution in [0.5, 0.6) is 0 Å². The average molecular weight is 255 g/mol. The van der Waals surface area contributed by atoms with Crippen LogP contribution in [0.15, 0.2) is 0 Å². The maximum Gasteiger partial charge on any atom is 0.310 e. The van der Waals surface area contributed by atoms with Crippen LogP contribution in [0.3, 0.4) is 0 Å². The van der Waals surface area contributed by atoms with Crippen LogP contribution in [-0.2, 0) is 4.79 Å². The Morgan fingerprint density at radius 2 is 1.56 bits per heavy atom. The number of carbonyl (C=O) groups is 1. The lowest BCUT2D eigenvalue weighted by atomic mass is 9.79. The molecule has 0 aromatic carbocycles. The molecule has 0 bridgehead atoms. The summed E-state index contributed by atoms with van der Waals surface area (Å²) in [5.74, 6) is -0.568. The van der Waals surface area contributed by atoms with Crippen LogP contribution in [0, 0.1) is 5.41 Å². The lowest BCUT2D eigenvalue weighted by Gasteiger charge is -2.34. The molecule has 0 spiro atoms. The van der Waals surface area contributed by atoms with Crippen molar-refractivity contribution in [1.82, 2.24) is 4.90 Å². The van der Waals surface area contributed by atoms with E-state index in [2.05, 4.69) is 18.7 Å². The van der Waals surface area contributed by atoms with Crippen LogP contribution in [0.1, 0.15) is 65.2 Å². The van der Waals surface area contributed by atoms with E-state index in [1.807, 2.05) is 0 Å². The van der Waals surface area contributed by atoms with E-state index in [1.165, 1.54) is 12.8 Å². The summed E-state index contributed by atoms with van der Waals surface area (Å²) in [5, 5.41) is 9.67. The predicted octanol–water partition coefficient (Wildman–Crippen LogP) is 3.53. The largest absolute Gasteiger partial charge is 0.481 e. The second kappa shape index (κ2) is 7.78. The number of rotatable bonds is 7. The summed E-state index contributed by atoms with van der Waals surface area (Å²) >= 11 is 0. The Morgan fingerprint density at radius 3 is 1.94 bits per heavy atom. The van der Waals surface area contributed by atoms with Crippen LogP contribution in [0.2, 0.25) is 0 Å². The van der Waals surface area contributed by atoms with Gasteiger partial charge < -0.3 is 10.0 Å². The summed E-state index contributed by atoms with van der Waals surface area (Å²) in [6.45, 7) is 7.15. The second-order valence-electron chi connectivity index (χ2n) is 5.78. The van der Waals surface area contributed by atoms with E-state index < -0.39 is 11.4 Å². The van der Waals surface area contributed by atoms with Crippen LogP contribution in [-0.4, -0.2) is 35.6 Å². The summed E-state index contributed by atoms with van der Waals surface area (Å²) in [6, 6.07) is 0. The molecule has 1 N–H and O–H groups in total. The Kier molecular flexibility index (Phi) is 6.69. The zero-order chi connectivity index (χ0) is 13.4. The van der Waals surface area contributed by atoms with E-state index in [1.54, 1.807) is 0 Å². The van der Waals surface area contributed by atoms with Crippen molar-refractivity contribution in [3.8, 4) is 0 Å². The van der Waals surface area contributed by atoms with E-state index >= 15 is 0 Å². The van der Waals surface area contributed by atoms with Gasteiger partial charge in [0.25, 0.3) is 0 Å². The van der Waals surface area contributed by atoms with Crippen molar-refractivity contribution < 1.29 is 9.90 Å². The highest BCUT2D eigenvalue weighted by molar-refractivity contribution is 5.75. The normalized spacial score (nSPS) is 19.7. The van der Waals surface area contributed by atoms with Gasteiger partial charge in [-0.1, -0.05) is 39.5 Å². The molecule has 18 heavy (non-hydrogen) atoms. The first-order valence-corrected chi connectivity index (χ1v) is 7.60. The Bertz CT molecular complexity index is 239. The van der Waals surface area contributed by atoms with Crippen LogP contribution >= 0.6 is 0 Å². The lowest BCUT2D eigenvalue weighted by Crippen LogP contribution is -2.43. The van der Waals surface area contributed by atoms with Gasteiger partial charge in [0, 0.05) is 6.54 Å². The summed E-state index contributed by atoms with van der Waals surface area (Å²) in [5.41, 5.74) is -0.471. The van der Waals surface area contributed by atoms with Crippen molar-refractivity contribution in [3.63, 3.8) is 0 Å². The second-order valence-corrected chi connectivity index (χ2v) is 5.78. The third kappa shape index (κ3) is 4.27. The fraction of sp³-hybridized carbons (Fsp3) is 0.933. The molecule has 1 rings (SSSR count). The minimum Gasteiger partial charge on any atom is -0.481 e. The first-order valence-electron chi connectivity index (χ1n) is 7.60. The summed E-state index contributed by atoms with van der Waals surface area (Å²) in [4.78, 5) is 14.1. The molecule has 3 nitrogen and oxygen atoms in total. The molecule has 0 saturated heterocycles. The van der Waals surface area contributed by atoms with E-state index in [-0.39, 0.29) is 0 Å². The van der Waals surface area contributed by atoms with Gasteiger partial charge in [0.2, 0.25) is 0 Å². The first kappa shape index (κ1) is 15.5. The Labute approximate surface area is 112 Å². The Morgan fingerprint density at radius 1 is 1.06 bits per heavy atom. The first-order chi connectivity index (χ1) is 8.64. The van der Waals surface area contributed by atoms with Gasteiger partial charge in [0.05, 0.1) is 5.41 Å². The standard InChI is InChI=1S/C15H29NO2/c1-3-11-16(12-4-2)13-15(14(17)18)9-7-5-6-8-10-15/h3-13H2,1-2H3,(H,17,18). The number of carboxylic acids is 1. The van der Waals surface area contributed by atoms with Gasteiger partial charge in [-0.3, -0.25) is 4.79 Å². The molecule has 0 radical (unpaired) electrons. The lowest BCUT2D eigenvalue weighted by molar-refractivity contribution is -0.151. The molecule has 0 aliphatic heterocycles. The molecular formula is C15H29NO2. The highest BCUT2D eigenvalue weighted by Gasteiger charge is 2.39. The van der Waals surface area contributed by atoms with Crippen molar-refractivity contribution in [2.75, 3.05) is 19.6 Å². The smallest absolute Gasteiger partial charge is 0.310 e. The molecule has 1 aliphatic rings. The monoisotopic (exact) mass is 255 g/mol. The Hall–Kier alpha value is -0.570. The highest BCUT2D eigenvalue weighted by atomic mass is 16.4. The van der Waals surface area contributed by atoms with Gasteiger partial charge in [0.15, 0.2) is 0 Å². The van der Waals surface area contributed by atoms with Crippen molar-refractivity contribution in [2.45, 2.75) is 65.2 Å².